The summed E-state index contributed by atoms with van der Waals surface area (Å²) in [5.41, 5.74) is 3.38. The number of rotatable bonds is 2. The molecule has 0 aliphatic rings. The van der Waals surface area contributed by atoms with Gasteiger partial charge in [0.1, 0.15) is 5.69 Å². The molecular weight excluding hydrogens is 272 g/mol. The van der Waals surface area contributed by atoms with Crippen molar-refractivity contribution in [2.75, 3.05) is 5.32 Å². The smallest absolute Gasteiger partial charge is 0.272 e. The van der Waals surface area contributed by atoms with E-state index in [9.17, 15) is 4.79 Å². The van der Waals surface area contributed by atoms with Gasteiger partial charge in [-0.1, -0.05) is 23.7 Å². The number of nitrogens with one attached hydrogen (secondary N) is 2. The number of hydrogen-bond acceptors (Lipinski definition) is 1. The molecule has 1 aromatic heterocycles. The van der Waals surface area contributed by atoms with Gasteiger partial charge in [-0.3, -0.25) is 4.79 Å². The summed E-state index contributed by atoms with van der Waals surface area (Å²) in [6.45, 7) is 2.02. The fourth-order valence-corrected chi connectivity index (χ4v) is 2.22. The highest BCUT2D eigenvalue weighted by molar-refractivity contribution is 6.30. The highest BCUT2D eigenvalue weighted by atomic mass is 35.5. The Morgan fingerprint density at radius 3 is 2.60 bits per heavy atom. The van der Waals surface area contributed by atoms with E-state index in [1.807, 2.05) is 31.2 Å². The van der Waals surface area contributed by atoms with Gasteiger partial charge in [0.15, 0.2) is 0 Å². The number of aromatic amines is 1. The molecule has 0 atom stereocenters. The largest absolute Gasteiger partial charge is 0.351 e. The molecule has 0 saturated carbocycles. The molecule has 1 amide bonds. The highest BCUT2D eigenvalue weighted by Gasteiger charge is 2.09. The molecule has 3 nitrogen and oxygen atoms in total. The number of aryl methyl sites for hydroxylation is 1. The van der Waals surface area contributed by atoms with Crippen molar-refractivity contribution in [3.8, 4) is 0 Å². The third-order valence-corrected chi connectivity index (χ3v) is 3.38. The summed E-state index contributed by atoms with van der Waals surface area (Å²) in [7, 11) is 0. The first-order valence-electron chi connectivity index (χ1n) is 6.28. The molecule has 2 aromatic carbocycles. The van der Waals surface area contributed by atoms with Gasteiger partial charge >= 0.3 is 0 Å². The van der Waals surface area contributed by atoms with Crippen LogP contribution in [-0.2, 0) is 0 Å². The molecule has 100 valence electrons. The minimum absolute atomic E-state index is 0.166. The Hall–Kier alpha value is -2.26. The molecule has 1 heterocycles. The second kappa shape index (κ2) is 5.02. The Morgan fingerprint density at radius 2 is 1.85 bits per heavy atom. The molecule has 0 unspecified atom stereocenters. The molecule has 0 spiro atoms. The minimum atomic E-state index is -0.166. The maximum absolute atomic E-state index is 12.2. The van der Waals surface area contributed by atoms with Crippen molar-refractivity contribution in [2.24, 2.45) is 0 Å². The van der Waals surface area contributed by atoms with Crippen LogP contribution in [0.5, 0.6) is 0 Å². The summed E-state index contributed by atoms with van der Waals surface area (Å²) in [6.07, 6.45) is 0. The van der Waals surface area contributed by atoms with Crippen LogP contribution in [0.25, 0.3) is 10.9 Å². The summed E-state index contributed by atoms with van der Waals surface area (Å²) < 4.78 is 0. The lowest BCUT2D eigenvalue weighted by Crippen LogP contribution is -2.11. The number of benzene rings is 2. The zero-order valence-corrected chi connectivity index (χ0v) is 11.7. The minimum Gasteiger partial charge on any atom is -0.351 e. The van der Waals surface area contributed by atoms with E-state index in [1.165, 1.54) is 0 Å². The predicted octanol–water partition coefficient (Wildman–Crippen LogP) is 4.38. The summed E-state index contributed by atoms with van der Waals surface area (Å²) >= 11 is 5.81. The van der Waals surface area contributed by atoms with E-state index >= 15 is 0 Å². The van der Waals surface area contributed by atoms with Gasteiger partial charge < -0.3 is 10.3 Å². The van der Waals surface area contributed by atoms with Crippen LogP contribution in [0.4, 0.5) is 5.69 Å². The summed E-state index contributed by atoms with van der Waals surface area (Å²) in [5.74, 6) is -0.166. The second-order valence-corrected chi connectivity index (χ2v) is 5.17. The zero-order chi connectivity index (χ0) is 14.1. The number of anilines is 1. The van der Waals surface area contributed by atoms with Crippen molar-refractivity contribution >= 4 is 34.1 Å². The Morgan fingerprint density at radius 1 is 1.10 bits per heavy atom. The molecule has 20 heavy (non-hydrogen) atoms. The van der Waals surface area contributed by atoms with Crippen LogP contribution in [0.2, 0.25) is 5.02 Å². The first-order valence-corrected chi connectivity index (χ1v) is 6.66. The van der Waals surface area contributed by atoms with Gasteiger partial charge in [0.25, 0.3) is 5.91 Å². The van der Waals surface area contributed by atoms with Gasteiger partial charge in [-0.05, 0) is 48.9 Å². The maximum atomic E-state index is 12.2. The molecule has 3 aromatic rings. The lowest BCUT2D eigenvalue weighted by Gasteiger charge is -2.03. The quantitative estimate of drug-likeness (QED) is 0.720. The van der Waals surface area contributed by atoms with Crippen molar-refractivity contribution in [1.29, 1.82) is 0 Å². The Balaban J connectivity index is 1.86. The van der Waals surface area contributed by atoms with E-state index < -0.39 is 0 Å². The third kappa shape index (κ3) is 2.53. The molecule has 0 fully saturated rings. The van der Waals surface area contributed by atoms with Crippen LogP contribution in [0, 0.1) is 6.92 Å². The number of carbonyl (C=O) groups is 1. The van der Waals surface area contributed by atoms with E-state index in [0.29, 0.717) is 16.4 Å². The SMILES string of the molecule is Cc1ccc2cc(C(=O)Nc3ccc(Cl)cc3)[nH]c2c1. The molecule has 0 aliphatic carbocycles. The number of aromatic nitrogens is 1. The van der Waals surface area contributed by atoms with Crippen molar-refractivity contribution < 1.29 is 4.79 Å². The van der Waals surface area contributed by atoms with Gasteiger partial charge in [0.2, 0.25) is 0 Å². The topological polar surface area (TPSA) is 44.9 Å². The molecule has 0 aliphatic heterocycles. The Labute approximate surface area is 121 Å². The fourth-order valence-electron chi connectivity index (χ4n) is 2.09. The fraction of sp³-hybridized carbons (Fsp3) is 0.0625. The first-order chi connectivity index (χ1) is 9.61. The molecule has 2 N–H and O–H groups in total. The van der Waals surface area contributed by atoms with E-state index in [2.05, 4.69) is 10.3 Å². The van der Waals surface area contributed by atoms with Crippen LogP contribution >= 0.6 is 11.6 Å². The molecule has 0 saturated heterocycles. The van der Waals surface area contributed by atoms with Crippen LogP contribution in [0.15, 0.2) is 48.5 Å². The van der Waals surface area contributed by atoms with Crippen molar-refractivity contribution in [3.05, 3.63) is 64.8 Å². The standard InChI is InChI=1S/C16H13ClN2O/c1-10-2-3-11-9-15(19-14(11)8-10)16(20)18-13-6-4-12(17)5-7-13/h2-9,19H,1H3,(H,18,20). The molecule has 0 radical (unpaired) electrons. The molecular formula is C16H13ClN2O. The Bertz CT molecular complexity index is 775. The highest BCUT2D eigenvalue weighted by Crippen LogP contribution is 2.18. The zero-order valence-electron chi connectivity index (χ0n) is 10.9. The summed E-state index contributed by atoms with van der Waals surface area (Å²) in [6, 6.07) is 14.9. The average molecular weight is 285 g/mol. The van der Waals surface area contributed by atoms with Crippen LogP contribution in [0.1, 0.15) is 16.1 Å². The van der Waals surface area contributed by atoms with E-state index in [1.54, 1.807) is 24.3 Å². The average Bonchev–Trinajstić information content (AvgIpc) is 2.84. The number of carbonyl (C=O) groups excluding carboxylic acids is 1. The lowest BCUT2D eigenvalue weighted by atomic mass is 10.2. The van der Waals surface area contributed by atoms with Gasteiger partial charge in [-0.25, -0.2) is 0 Å². The number of H-pyrrole nitrogens is 1. The number of hydrogen-bond donors (Lipinski definition) is 2. The van der Waals surface area contributed by atoms with Gasteiger partial charge in [-0.15, -0.1) is 0 Å². The third-order valence-electron chi connectivity index (χ3n) is 3.12. The first kappa shape index (κ1) is 12.8. The normalized spacial score (nSPS) is 10.7. The molecule has 4 heteroatoms. The second-order valence-electron chi connectivity index (χ2n) is 4.73. The number of amides is 1. The van der Waals surface area contributed by atoms with Crippen molar-refractivity contribution in [3.63, 3.8) is 0 Å². The number of halogens is 1. The van der Waals surface area contributed by atoms with Crippen molar-refractivity contribution in [2.45, 2.75) is 6.92 Å². The van der Waals surface area contributed by atoms with E-state index in [0.717, 1.165) is 16.5 Å². The predicted molar refractivity (Wildman–Crippen MR) is 82.4 cm³/mol. The number of fused-ring (bicyclic) bond motifs is 1. The van der Waals surface area contributed by atoms with E-state index in [4.69, 9.17) is 11.6 Å². The van der Waals surface area contributed by atoms with Gasteiger partial charge in [0.05, 0.1) is 0 Å². The van der Waals surface area contributed by atoms with Gasteiger partial charge in [-0.2, -0.15) is 0 Å². The summed E-state index contributed by atoms with van der Waals surface area (Å²) in [4.78, 5) is 15.3. The maximum Gasteiger partial charge on any atom is 0.272 e. The van der Waals surface area contributed by atoms with Crippen LogP contribution in [-0.4, -0.2) is 10.9 Å². The molecule has 0 bridgehead atoms. The van der Waals surface area contributed by atoms with Crippen LogP contribution in [0.3, 0.4) is 0 Å². The van der Waals surface area contributed by atoms with Crippen LogP contribution < -0.4 is 5.32 Å². The van der Waals surface area contributed by atoms with Crippen molar-refractivity contribution in [1.82, 2.24) is 4.98 Å². The Kier molecular flexibility index (Phi) is 3.20. The monoisotopic (exact) mass is 284 g/mol. The summed E-state index contributed by atoms with van der Waals surface area (Å²) in [5, 5.41) is 4.50. The molecule has 3 rings (SSSR count). The van der Waals surface area contributed by atoms with E-state index in [-0.39, 0.29) is 5.91 Å². The van der Waals surface area contributed by atoms with Gasteiger partial charge in [0, 0.05) is 21.6 Å². The lowest BCUT2D eigenvalue weighted by molar-refractivity contribution is 0.102.